The van der Waals surface area contributed by atoms with Crippen molar-refractivity contribution in [2.24, 2.45) is 0 Å². The zero-order valence-electron chi connectivity index (χ0n) is 13.9. The molecule has 0 radical (unpaired) electrons. The molecule has 2 aromatic carbocycles. The number of furan rings is 1. The molecule has 5 nitrogen and oxygen atoms in total. The number of rotatable bonds is 4. The Kier molecular flexibility index (Phi) is 4.25. The monoisotopic (exact) mass is 365 g/mol. The number of aromatic nitrogens is 2. The van der Waals surface area contributed by atoms with E-state index in [0.717, 1.165) is 17.7 Å². The summed E-state index contributed by atoms with van der Waals surface area (Å²) in [7, 11) is 0. The van der Waals surface area contributed by atoms with E-state index in [2.05, 4.69) is 15.5 Å². The van der Waals surface area contributed by atoms with Crippen LogP contribution in [0.4, 0.5) is 14.5 Å². The van der Waals surface area contributed by atoms with Crippen molar-refractivity contribution < 1.29 is 18.0 Å². The van der Waals surface area contributed by atoms with Crippen molar-refractivity contribution in [2.45, 2.75) is 0 Å². The fourth-order valence-corrected chi connectivity index (χ4v) is 2.72. The molecule has 0 bridgehead atoms. The lowest BCUT2D eigenvalue weighted by molar-refractivity contribution is 0.102. The predicted octanol–water partition coefficient (Wildman–Crippen LogP) is 4.87. The lowest BCUT2D eigenvalue weighted by Crippen LogP contribution is -2.14. The molecular formula is C20H13F2N3O2. The molecular weight excluding hydrogens is 352 g/mol. The molecule has 27 heavy (non-hydrogen) atoms. The van der Waals surface area contributed by atoms with Crippen molar-refractivity contribution in [3.63, 3.8) is 0 Å². The van der Waals surface area contributed by atoms with E-state index in [4.69, 9.17) is 4.42 Å². The number of aromatic amines is 1. The van der Waals surface area contributed by atoms with Crippen LogP contribution in [0.25, 0.3) is 22.7 Å². The van der Waals surface area contributed by atoms with Gasteiger partial charge in [0.05, 0.1) is 17.5 Å². The van der Waals surface area contributed by atoms with Crippen LogP contribution >= 0.6 is 0 Å². The van der Waals surface area contributed by atoms with E-state index in [-0.39, 0.29) is 5.56 Å². The number of amides is 1. The Labute approximate surface area is 152 Å². The Morgan fingerprint density at radius 2 is 1.85 bits per heavy atom. The summed E-state index contributed by atoms with van der Waals surface area (Å²) in [4.78, 5) is 12.6. The molecule has 2 N–H and O–H groups in total. The largest absolute Gasteiger partial charge is 0.463 e. The highest BCUT2D eigenvalue weighted by Crippen LogP contribution is 2.35. The van der Waals surface area contributed by atoms with Crippen molar-refractivity contribution in [1.29, 1.82) is 0 Å². The summed E-state index contributed by atoms with van der Waals surface area (Å²) >= 11 is 0. The van der Waals surface area contributed by atoms with Gasteiger partial charge in [0.2, 0.25) is 0 Å². The molecule has 2 heterocycles. The van der Waals surface area contributed by atoms with Crippen molar-refractivity contribution in [3.8, 4) is 22.7 Å². The van der Waals surface area contributed by atoms with Gasteiger partial charge >= 0.3 is 0 Å². The average Bonchev–Trinajstić information content (AvgIpc) is 3.32. The maximum Gasteiger partial charge on any atom is 0.258 e. The van der Waals surface area contributed by atoms with Crippen LogP contribution < -0.4 is 5.32 Å². The molecule has 0 aliphatic rings. The Morgan fingerprint density at radius 1 is 1.04 bits per heavy atom. The second kappa shape index (κ2) is 6.87. The fourth-order valence-electron chi connectivity index (χ4n) is 2.72. The first-order valence-corrected chi connectivity index (χ1v) is 8.07. The van der Waals surface area contributed by atoms with Gasteiger partial charge in [-0.1, -0.05) is 30.3 Å². The van der Waals surface area contributed by atoms with E-state index in [1.165, 1.54) is 6.26 Å². The first kappa shape index (κ1) is 16.7. The number of nitrogens with zero attached hydrogens (tertiary/aromatic N) is 1. The van der Waals surface area contributed by atoms with E-state index in [1.54, 1.807) is 12.1 Å². The molecule has 134 valence electrons. The minimum Gasteiger partial charge on any atom is -0.463 e. The molecule has 0 fully saturated rings. The van der Waals surface area contributed by atoms with Gasteiger partial charge in [0.15, 0.2) is 5.76 Å². The van der Waals surface area contributed by atoms with Gasteiger partial charge in [-0.25, -0.2) is 8.78 Å². The van der Waals surface area contributed by atoms with Gasteiger partial charge in [0.25, 0.3) is 5.91 Å². The molecule has 0 aliphatic heterocycles. The molecule has 0 unspecified atom stereocenters. The van der Waals surface area contributed by atoms with Crippen molar-refractivity contribution in [2.75, 3.05) is 5.32 Å². The Hall–Kier alpha value is -3.74. The summed E-state index contributed by atoms with van der Waals surface area (Å²) in [5.41, 5.74) is 1.72. The lowest BCUT2D eigenvalue weighted by atomic mass is 10.1. The molecule has 0 saturated carbocycles. The maximum atomic E-state index is 14.0. The van der Waals surface area contributed by atoms with Crippen LogP contribution in [0.3, 0.4) is 0 Å². The summed E-state index contributed by atoms with van der Waals surface area (Å²) in [5, 5.41) is 9.78. The van der Waals surface area contributed by atoms with Crippen molar-refractivity contribution >= 4 is 11.6 Å². The van der Waals surface area contributed by atoms with Crippen molar-refractivity contribution in [3.05, 3.63) is 84.1 Å². The Bertz CT molecular complexity index is 1090. The zero-order chi connectivity index (χ0) is 18.8. The number of carbonyl (C=O) groups excluding carboxylic acids is 1. The molecule has 0 atom stereocenters. The number of halogens is 2. The van der Waals surface area contributed by atoms with Crippen LogP contribution in [0.1, 0.15) is 10.4 Å². The third kappa shape index (κ3) is 3.22. The van der Waals surface area contributed by atoms with E-state index >= 15 is 0 Å². The van der Waals surface area contributed by atoms with Crippen LogP contribution in [0, 0.1) is 11.6 Å². The molecule has 1 amide bonds. The molecule has 4 rings (SSSR count). The van der Waals surface area contributed by atoms with E-state index in [9.17, 15) is 13.6 Å². The van der Waals surface area contributed by atoms with E-state index in [1.807, 2.05) is 30.3 Å². The highest BCUT2D eigenvalue weighted by Gasteiger charge is 2.22. The van der Waals surface area contributed by atoms with Gasteiger partial charge in [0.1, 0.15) is 23.0 Å². The number of hydrogen-bond donors (Lipinski definition) is 2. The second-order valence-electron chi connectivity index (χ2n) is 5.74. The topological polar surface area (TPSA) is 70.9 Å². The smallest absolute Gasteiger partial charge is 0.258 e. The quantitative estimate of drug-likeness (QED) is 0.542. The summed E-state index contributed by atoms with van der Waals surface area (Å²) in [6.07, 6.45) is 1.49. The summed E-state index contributed by atoms with van der Waals surface area (Å²) < 4.78 is 32.5. The molecule has 0 aliphatic carbocycles. The highest BCUT2D eigenvalue weighted by molar-refractivity contribution is 6.08. The second-order valence-corrected chi connectivity index (χ2v) is 5.74. The highest BCUT2D eigenvalue weighted by atomic mass is 19.1. The van der Waals surface area contributed by atoms with E-state index in [0.29, 0.717) is 28.9 Å². The summed E-state index contributed by atoms with van der Waals surface area (Å²) in [6, 6.07) is 15.4. The summed E-state index contributed by atoms with van der Waals surface area (Å²) in [5.74, 6) is -1.97. The Balaban J connectivity index is 1.78. The number of H-pyrrole nitrogens is 1. The van der Waals surface area contributed by atoms with Gasteiger partial charge in [0, 0.05) is 11.6 Å². The number of carbonyl (C=O) groups is 1. The van der Waals surface area contributed by atoms with Gasteiger partial charge in [-0.05, 0) is 24.3 Å². The SMILES string of the molecule is O=C(Nc1c(-c2ccccc2)n[nH]c1-c1ccco1)c1ccc(F)cc1F. The minimum absolute atomic E-state index is 0.276. The lowest BCUT2D eigenvalue weighted by Gasteiger charge is -2.08. The normalized spacial score (nSPS) is 10.7. The number of hydrogen-bond acceptors (Lipinski definition) is 3. The van der Waals surface area contributed by atoms with Crippen molar-refractivity contribution in [1.82, 2.24) is 10.2 Å². The van der Waals surface area contributed by atoms with Gasteiger partial charge in [-0.3, -0.25) is 9.89 Å². The third-order valence-electron chi connectivity index (χ3n) is 4.00. The van der Waals surface area contributed by atoms with Crippen LogP contribution in [0.2, 0.25) is 0 Å². The maximum absolute atomic E-state index is 14.0. The molecule has 0 saturated heterocycles. The first-order chi connectivity index (χ1) is 13.1. The number of nitrogens with one attached hydrogen (secondary N) is 2. The standard InChI is InChI=1S/C20H13F2N3O2/c21-13-8-9-14(15(22)11-13)20(26)23-19-17(12-5-2-1-3-6-12)24-25-18(19)16-7-4-10-27-16/h1-11H,(H,23,26)(H,24,25). The Morgan fingerprint density at radius 3 is 2.56 bits per heavy atom. The molecule has 7 heteroatoms. The minimum atomic E-state index is -0.947. The zero-order valence-corrected chi connectivity index (χ0v) is 13.9. The molecule has 4 aromatic rings. The van der Waals surface area contributed by atoms with E-state index < -0.39 is 17.5 Å². The number of anilines is 1. The molecule has 0 spiro atoms. The van der Waals surface area contributed by atoms with Gasteiger partial charge in [-0.2, -0.15) is 5.10 Å². The fraction of sp³-hybridized carbons (Fsp3) is 0. The predicted molar refractivity (Wildman–Crippen MR) is 96.0 cm³/mol. The van der Waals surface area contributed by atoms with Crippen LogP contribution in [0.15, 0.2) is 71.3 Å². The van der Waals surface area contributed by atoms with Crippen LogP contribution in [0.5, 0.6) is 0 Å². The number of benzene rings is 2. The van der Waals surface area contributed by atoms with Gasteiger partial charge in [-0.15, -0.1) is 0 Å². The average molecular weight is 365 g/mol. The molecule has 2 aromatic heterocycles. The van der Waals surface area contributed by atoms with Crippen LogP contribution in [-0.2, 0) is 0 Å². The first-order valence-electron chi connectivity index (χ1n) is 8.07. The van der Waals surface area contributed by atoms with Gasteiger partial charge < -0.3 is 9.73 Å². The van der Waals surface area contributed by atoms with Crippen LogP contribution in [-0.4, -0.2) is 16.1 Å². The summed E-state index contributed by atoms with van der Waals surface area (Å²) in [6.45, 7) is 0. The third-order valence-corrected chi connectivity index (χ3v) is 4.00.